The quantitative estimate of drug-likeness (QED) is 0.206. The lowest BCUT2D eigenvalue weighted by molar-refractivity contribution is -0.109. The van der Waals surface area contributed by atoms with E-state index in [1.807, 2.05) is 7.05 Å². The van der Waals surface area contributed by atoms with E-state index < -0.39 is 5.91 Å². The highest BCUT2D eigenvalue weighted by molar-refractivity contribution is 6.01. The van der Waals surface area contributed by atoms with Crippen LogP contribution in [0, 0.1) is 0 Å². The van der Waals surface area contributed by atoms with Gasteiger partial charge < -0.3 is 35.5 Å². The lowest BCUT2D eigenvalue weighted by Crippen LogP contribution is -2.28. The van der Waals surface area contributed by atoms with Crippen molar-refractivity contribution in [2.45, 2.75) is 6.42 Å². The van der Waals surface area contributed by atoms with Crippen LogP contribution >= 0.6 is 0 Å². The van der Waals surface area contributed by atoms with Gasteiger partial charge in [0.2, 0.25) is 12.3 Å². The first-order chi connectivity index (χ1) is 15.0. The summed E-state index contributed by atoms with van der Waals surface area (Å²) in [5, 5.41) is 5.10. The van der Waals surface area contributed by atoms with Gasteiger partial charge in [-0.3, -0.25) is 14.4 Å². The molecule has 3 amide bonds. The van der Waals surface area contributed by atoms with Crippen molar-refractivity contribution in [2.24, 2.45) is 5.73 Å². The number of rotatable bonds is 18. The minimum absolute atomic E-state index is 0.243. The maximum Gasteiger partial charge on any atom is 0.251 e. The summed E-state index contributed by atoms with van der Waals surface area (Å²) in [6.45, 7) is 4.71. The number of nitrogens with zero attached hydrogens (tertiary/aromatic N) is 1. The minimum Gasteiger partial charge on any atom is -0.378 e. The molecule has 0 bridgehead atoms. The molecule has 0 radical (unpaired) electrons. The largest absolute Gasteiger partial charge is 0.378 e. The standard InChI is InChI=1S/C21H34N4O6/c1-23-21(28)19-5-3-4-18(20(22)27)17(19)6-8-25(2)9-11-30-13-15-31-14-12-29-10-7-24-16-26/h3-5,16H,6-15H2,1-2H3,(H2,22,27)(H,23,28)(H,24,26). The molecule has 0 fully saturated rings. The van der Waals surface area contributed by atoms with Gasteiger partial charge in [0.15, 0.2) is 0 Å². The Hall–Kier alpha value is -2.53. The van der Waals surface area contributed by atoms with Crippen molar-refractivity contribution in [1.82, 2.24) is 15.5 Å². The second-order valence-corrected chi connectivity index (χ2v) is 6.74. The van der Waals surface area contributed by atoms with Gasteiger partial charge in [0, 0.05) is 37.8 Å². The Bertz CT molecular complexity index is 686. The monoisotopic (exact) mass is 438 g/mol. The summed E-state index contributed by atoms with van der Waals surface area (Å²) in [6, 6.07) is 4.99. The Morgan fingerprint density at radius 2 is 1.61 bits per heavy atom. The molecular formula is C21H34N4O6. The van der Waals surface area contributed by atoms with Crippen LogP contribution in [0.5, 0.6) is 0 Å². The summed E-state index contributed by atoms with van der Waals surface area (Å²) in [5.41, 5.74) is 6.96. The second-order valence-electron chi connectivity index (χ2n) is 6.74. The zero-order valence-corrected chi connectivity index (χ0v) is 18.4. The molecule has 0 aromatic heterocycles. The number of ether oxygens (including phenoxy) is 3. The third kappa shape index (κ3) is 10.9. The Morgan fingerprint density at radius 3 is 2.23 bits per heavy atom. The average molecular weight is 439 g/mol. The van der Waals surface area contributed by atoms with E-state index in [1.165, 1.54) is 0 Å². The van der Waals surface area contributed by atoms with Gasteiger partial charge in [-0.2, -0.15) is 0 Å². The highest BCUT2D eigenvalue weighted by Crippen LogP contribution is 2.16. The normalized spacial score (nSPS) is 10.8. The van der Waals surface area contributed by atoms with E-state index in [2.05, 4.69) is 15.5 Å². The zero-order valence-electron chi connectivity index (χ0n) is 18.4. The maximum absolute atomic E-state index is 12.1. The van der Waals surface area contributed by atoms with Crippen LogP contribution in [-0.4, -0.2) is 96.5 Å². The predicted octanol–water partition coefficient (Wildman–Crippen LogP) is -0.585. The van der Waals surface area contributed by atoms with Crippen molar-refractivity contribution in [3.05, 3.63) is 34.9 Å². The molecule has 0 aliphatic rings. The van der Waals surface area contributed by atoms with E-state index in [9.17, 15) is 14.4 Å². The molecule has 10 heteroatoms. The van der Waals surface area contributed by atoms with Crippen LogP contribution in [0.4, 0.5) is 0 Å². The molecule has 10 nitrogen and oxygen atoms in total. The predicted molar refractivity (Wildman–Crippen MR) is 116 cm³/mol. The van der Waals surface area contributed by atoms with Crippen molar-refractivity contribution in [1.29, 1.82) is 0 Å². The van der Waals surface area contributed by atoms with Crippen molar-refractivity contribution < 1.29 is 28.6 Å². The Labute approximate surface area is 183 Å². The van der Waals surface area contributed by atoms with Gasteiger partial charge in [0.05, 0.1) is 39.6 Å². The van der Waals surface area contributed by atoms with Gasteiger partial charge in [-0.1, -0.05) is 6.07 Å². The Kier molecular flexibility index (Phi) is 13.9. The number of likely N-dealkylation sites (N-methyl/N-ethyl adjacent to an activating group) is 1. The molecule has 0 aliphatic heterocycles. The highest BCUT2D eigenvalue weighted by atomic mass is 16.5. The number of hydrogen-bond donors (Lipinski definition) is 3. The number of hydrogen-bond acceptors (Lipinski definition) is 7. The highest BCUT2D eigenvalue weighted by Gasteiger charge is 2.17. The fourth-order valence-electron chi connectivity index (χ4n) is 2.80. The molecule has 0 aliphatic carbocycles. The number of amides is 3. The van der Waals surface area contributed by atoms with Crippen molar-refractivity contribution >= 4 is 18.2 Å². The summed E-state index contributed by atoms with van der Waals surface area (Å²) in [6.07, 6.45) is 1.15. The van der Waals surface area contributed by atoms with E-state index >= 15 is 0 Å². The first kappa shape index (κ1) is 26.5. The fraction of sp³-hybridized carbons (Fsp3) is 0.571. The molecular weight excluding hydrogens is 404 g/mol. The van der Waals surface area contributed by atoms with Gasteiger partial charge in [-0.25, -0.2) is 0 Å². The van der Waals surface area contributed by atoms with E-state index in [0.29, 0.717) is 88.8 Å². The van der Waals surface area contributed by atoms with Crippen LogP contribution in [0.25, 0.3) is 0 Å². The number of carbonyl (C=O) groups excluding carboxylic acids is 3. The summed E-state index contributed by atoms with van der Waals surface area (Å²) in [4.78, 5) is 36.0. The van der Waals surface area contributed by atoms with E-state index in [4.69, 9.17) is 19.9 Å². The summed E-state index contributed by atoms with van der Waals surface area (Å²) >= 11 is 0. The van der Waals surface area contributed by atoms with Crippen LogP contribution in [-0.2, 0) is 25.4 Å². The molecule has 0 unspecified atom stereocenters. The number of primary amides is 1. The SMILES string of the molecule is CNC(=O)c1cccc(C(N)=O)c1CCN(C)CCOCCOCCOCCNC=O. The third-order valence-corrected chi connectivity index (χ3v) is 4.49. The maximum atomic E-state index is 12.1. The van der Waals surface area contributed by atoms with Gasteiger partial charge in [-0.15, -0.1) is 0 Å². The fourth-order valence-corrected chi connectivity index (χ4v) is 2.80. The van der Waals surface area contributed by atoms with Crippen molar-refractivity contribution in [3.63, 3.8) is 0 Å². The average Bonchev–Trinajstić information content (AvgIpc) is 2.77. The zero-order chi connectivity index (χ0) is 22.9. The third-order valence-electron chi connectivity index (χ3n) is 4.49. The smallest absolute Gasteiger partial charge is 0.251 e. The van der Waals surface area contributed by atoms with Crippen molar-refractivity contribution in [2.75, 3.05) is 73.4 Å². The lowest BCUT2D eigenvalue weighted by Gasteiger charge is -2.19. The van der Waals surface area contributed by atoms with Crippen LogP contribution < -0.4 is 16.4 Å². The second kappa shape index (κ2) is 16.2. The molecule has 0 saturated heterocycles. The molecule has 1 rings (SSSR count). The van der Waals surface area contributed by atoms with E-state index in [-0.39, 0.29) is 5.91 Å². The van der Waals surface area contributed by atoms with Crippen LogP contribution in [0.1, 0.15) is 26.3 Å². The van der Waals surface area contributed by atoms with E-state index in [0.717, 1.165) is 0 Å². The van der Waals surface area contributed by atoms with Gasteiger partial charge in [-0.05, 0) is 31.2 Å². The molecule has 1 aromatic carbocycles. The van der Waals surface area contributed by atoms with Crippen LogP contribution in [0.3, 0.4) is 0 Å². The van der Waals surface area contributed by atoms with Crippen LogP contribution in [0.15, 0.2) is 18.2 Å². The number of benzene rings is 1. The molecule has 174 valence electrons. The van der Waals surface area contributed by atoms with Gasteiger partial charge >= 0.3 is 0 Å². The Morgan fingerprint density at radius 1 is 1.00 bits per heavy atom. The molecule has 0 heterocycles. The number of nitrogens with two attached hydrogens (primary N) is 1. The molecule has 1 aromatic rings. The summed E-state index contributed by atoms with van der Waals surface area (Å²) in [7, 11) is 3.50. The molecule has 0 atom stereocenters. The summed E-state index contributed by atoms with van der Waals surface area (Å²) in [5.74, 6) is -0.790. The number of carbonyl (C=O) groups is 3. The van der Waals surface area contributed by atoms with Crippen molar-refractivity contribution in [3.8, 4) is 0 Å². The van der Waals surface area contributed by atoms with Crippen LogP contribution in [0.2, 0.25) is 0 Å². The first-order valence-corrected chi connectivity index (χ1v) is 10.2. The molecule has 0 saturated carbocycles. The lowest BCUT2D eigenvalue weighted by atomic mass is 9.97. The van der Waals surface area contributed by atoms with Gasteiger partial charge in [0.1, 0.15) is 0 Å². The minimum atomic E-state index is -0.547. The molecule has 0 spiro atoms. The number of nitrogens with one attached hydrogen (secondary N) is 2. The molecule has 4 N–H and O–H groups in total. The first-order valence-electron chi connectivity index (χ1n) is 10.2. The Balaban J connectivity index is 2.24. The topological polar surface area (TPSA) is 132 Å². The summed E-state index contributed by atoms with van der Waals surface area (Å²) < 4.78 is 16.2. The van der Waals surface area contributed by atoms with E-state index in [1.54, 1.807) is 25.2 Å². The molecule has 31 heavy (non-hydrogen) atoms. The van der Waals surface area contributed by atoms with Gasteiger partial charge in [0.25, 0.3) is 5.91 Å².